The Hall–Kier alpha value is -0.900. The van der Waals surface area contributed by atoms with E-state index in [2.05, 4.69) is 25.8 Å². The zero-order valence-corrected chi connectivity index (χ0v) is 11.0. The van der Waals surface area contributed by atoms with Crippen molar-refractivity contribution < 1.29 is 14.3 Å². The Morgan fingerprint density at radius 3 is 2.88 bits per heavy atom. The molecule has 0 aromatic heterocycles. The maximum absolute atomic E-state index is 11.7. The molecule has 0 spiro atoms. The van der Waals surface area contributed by atoms with E-state index in [9.17, 15) is 4.79 Å². The molecule has 1 aliphatic rings. The van der Waals surface area contributed by atoms with Crippen LogP contribution < -0.4 is 0 Å². The van der Waals surface area contributed by atoms with Gasteiger partial charge in [0.1, 0.15) is 12.4 Å². The number of rotatable bonds is 6. The lowest BCUT2D eigenvalue weighted by molar-refractivity contribution is -0.150. The second-order valence-electron chi connectivity index (χ2n) is 4.16. The molecular formula is C13H20O3S. The Labute approximate surface area is 108 Å². The van der Waals surface area contributed by atoms with Gasteiger partial charge in [-0.25, -0.2) is 0 Å². The van der Waals surface area contributed by atoms with E-state index in [4.69, 9.17) is 9.47 Å². The van der Waals surface area contributed by atoms with Gasteiger partial charge in [-0.1, -0.05) is 13.2 Å². The van der Waals surface area contributed by atoms with Gasteiger partial charge in [-0.15, -0.1) is 0 Å². The van der Waals surface area contributed by atoms with Gasteiger partial charge in [0.05, 0.1) is 12.0 Å². The Bertz CT molecular complexity index is 288. The smallest absolute Gasteiger partial charge is 0.309 e. The van der Waals surface area contributed by atoms with Gasteiger partial charge < -0.3 is 9.47 Å². The number of carbonyl (C=O) groups excluding carboxylic acids is 1. The van der Waals surface area contributed by atoms with E-state index in [-0.39, 0.29) is 18.0 Å². The molecule has 17 heavy (non-hydrogen) atoms. The summed E-state index contributed by atoms with van der Waals surface area (Å²) in [7, 11) is 0. The maximum atomic E-state index is 11.7. The summed E-state index contributed by atoms with van der Waals surface area (Å²) in [6.45, 7) is 7.69. The van der Waals surface area contributed by atoms with Crippen LogP contribution in [0.4, 0.5) is 0 Å². The lowest BCUT2D eigenvalue weighted by Gasteiger charge is -2.28. The Morgan fingerprint density at radius 2 is 2.24 bits per heavy atom. The van der Waals surface area contributed by atoms with E-state index < -0.39 is 0 Å². The summed E-state index contributed by atoms with van der Waals surface area (Å²) in [6, 6.07) is 0. The molecule has 1 rings (SSSR count). The van der Waals surface area contributed by atoms with E-state index in [0.29, 0.717) is 24.5 Å². The number of thiol groups is 1. The molecule has 3 nitrogen and oxygen atoms in total. The average molecular weight is 256 g/mol. The third-order valence-corrected chi connectivity index (χ3v) is 3.02. The molecular weight excluding hydrogens is 236 g/mol. The quantitative estimate of drug-likeness (QED) is 0.343. The molecule has 0 aromatic rings. The summed E-state index contributed by atoms with van der Waals surface area (Å²) in [4.78, 5) is 11.7. The second kappa shape index (κ2) is 7.43. The molecule has 0 radical (unpaired) electrons. The summed E-state index contributed by atoms with van der Waals surface area (Å²) in [5, 5.41) is 0. The zero-order chi connectivity index (χ0) is 12.7. The van der Waals surface area contributed by atoms with Crippen molar-refractivity contribution in [1.29, 1.82) is 0 Å². The van der Waals surface area contributed by atoms with Crippen LogP contribution in [0.1, 0.15) is 25.7 Å². The van der Waals surface area contributed by atoms with Crippen molar-refractivity contribution in [2.45, 2.75) is 31.8 Å². The summed E-state index contributed by atoms with van der Waals surface area (Å²) in [5.74, 6) is 0.952. The molecule has 96 valence electrons. The molecule has 0 amide bonds. The van der Waals surface area contributed by atoms with Crippen molar-refractivity contribution in [2.24, 2.45) is 5.92 Å². The molecule has 0 aromatic carbocycles. The highest BCUT2D eigenvalue weighted by atomic mass is 32.1. The first kappa shape index (κ1) is 14.2. The lowest BCUT2D eigenvalue weighted by Crippen LogP contribution is -2.29. The van der Waals surface area contributed by atoms with Gasteiger partial charge in [-0.2, -0.15) is 12.6 Å². The van der Waals surface area contributed by atoms with E-state index >= 15 is 0 Å². The van der Waals surface area contributed by atoms with Crippen LogP contribution in [-0.2, 0) is 14.3 Å². The summed E-state index contributed by atoms with van der Waals surface area (Å²) >= 11 is 4.01. The van der Waals surface area contributed by atoms with Crippen LogP contribution in [0.5, 0.6) is 0 Å². The first-order valence-corrected chi connectivity index (χ1v) is 6.56. The minimum atomic E-state index is -0.128. The highest BCUT2D eigenvalue weighted by Gasteiger charge is 2.29. The lowest BCUT2D eigenvalue weighted by atomic mass is 9.87. The summed E-state index contributed by atoms with van der Waals surface area (Å²) < 4.78 is 10.7. The number of hydrogen-bond donors (Lipinski definition) is 1. The first-order chi connectivity index (χ1) is 8.17. The molecule has 0 aliphatic heterocycles. The molecule has 1 fully saturated rings. The van der Waals surface area contributed by atoms with Gasteiger partial charge in [-0.3, -0.25) is 4.79 Å². The number of ether oxygens (including phenoxy) is 2. The standard InChI is InChI=1S/C13H20O3S/c1-3-10(2)16-12-6-4-5-11(9-12)13(14)15-7-8-17/h3,11-12,17H,1-2,4-9H2. The first-order valence-electron chi connectivity index (χ1n) is 5.93. The SMILES string of the molecule is C=CC(=C)OC1CCCC(C(=O)OCCS)C1. The van der Waals surface area contributed by atoms with Crippen molar-refractivity contribution >= 4 is 18.6 Å². The van der Waals surface area contributed by atoms with Gasteiger partial charge in [0.2, 0.25) is 0 Å². The molecule has 0 saturated heterocycles. The summed E-state index contributed by atoms with van der Waals surface area (Å²) in [6.07, 6.45) is 5.18. The van der Waals surface area contributed by atoms with Gasteiger partial charge >= 0.3 is 5.97 Å². The van der Waals surface area contributed by atoms with E-state index in [1.165, 1.54) is 0 Å². The monoisotopic (exact) mass is 256 g/mol. The van der Waals surface area contributed by atoms with Crippen LogP contribution in [-0.4, -0.2) is 24.4 Å². The number of hydrogen-bond acceptors (Lipinski definition) is 4. The Balaban J connectivity index is 2.40. The van der Waals surface area contributed by atoms with Crippen LogP contribution in [0.3, 0.4) is 0 Å². The number of carbonyl (C=O) groups is 1. The predicted octanol–water partition coefficient (Wildman–Crippen LogP) is 2.73. The zero-order valence-electron chi connectivity index (χ0n) is 10.1. The molecule has 0 bridgehead atoms. The highest BCUT2D eigenvalue weighted by molar-refractivity contribution is 7.80. The number of allylic oxidation sites excluding steroid dienone is 1. The minimum Gasteiger partial charge on any atom is -0.491 e. The fraction of sp³-hybridized carbons (Fsp3) is 0.615. The topological polar surface area (TPSA) is 35.5 Å². The fourth-order valence-corrected chi connectivity index (χ4v) is 2.08. The Morgan fingerprint density at radius 1 is 1.47 bits per heavy atom. The van der Waals surface area contributed by atoms with Crippen molar-refractivity contribution in [3.8, 4) is 0 Å². The van der Waals surface area contributed by atoms with Crippen LogP contribution in [0, 0.1) is 5.92 Å². The summed E-state index contributed by atoms with van der Waals surface area (Å²) in [5.41, 5.74) is 0. The molecule has 2 unspecified atom stereocenters. The molecule has 4 heteroatoms. The Kier molecular flexibility index (Phi) is 6.19. The van der Waals surface area contributed by atoms with Gasteiger partial charge in [-0.05, 0) is 31.8 Å². The van der Waals surface area contributed by atoms with Crippen LogP contribution >= 0.6 is 12.6 Å². The highest BCUT2D eigenvalue weighted by Crippen LogP contribution is 2.28. The van der Waals surface area contributed by atoms with Crippen molar-refractivity contribution in [1.82, 2.24) is 0 Å². The molecule has 1 aliphatic carbocycles. The molecule has 2 atom stereocenters. The molecule has 0 N–H and O–H groups in total. The molecule has 0 heterocycles. The number of esters is 1. The average Bonchev–Trinajstić information content (AvgIpc) is 2.36. The fourth-order valence-electron chi connectivity index (χ4n) is 1.99. The van der Waals surface area contributed by atoms with E-state index in [1.54, 1.807) is 6.08 Å². The van der Waals surface area contributed by atoms with Crippen LogP contribution in [0.25, 0.3) is 0 Å². The third kappa shape index (κ3) is 4.86. The van der Waals surface area contributed by atoms with E-state index in [0.717, 1.165) is 19.3 Å². The van der Waals surface area contributed by atoms with Gasteiger partial charge in [0.25, 0.3) is 0 Å². The minimum absolute atomic E-state index is 0.0498. The van der Waals surface area contributed by atoms with Crippen LogP contribution in [0.15, 0.2) is 25.0 Å². The van der Waals surface area contributed by atoms with Crippen molar-refractivity contribution in [3.05, 3.63) is 25.0 Å². The van der Waals surface area contributed by atoms with E-state index in [1.807, 2.05) is 0 Å². The van der Waals surface area contributed by atoms with Crippen molar-refractivity contribution in [2.75, 3.05) is 12.4 Å². The molecule has 1 saturated carbocycles. The maximum Gasteiger partial charge on any atom is 0.309 e. The van der Waals surface area contributed by atoms with Crippen LogP contribution in [0.2, 0.25) is 0 Å². The van der Waals surface area contributed by atoms with Gasteiger partial charge in [0.15, 0.2) is 0 Å². The van der Waals surface area contributed by atoms with Crippen molar-refractivity contribution in [3.63, 3.8) is 0 Å². The normalized spacial score (nSPS) is 23.8. The predicted molar refractivity (Wildman–Crippen MR) is 71.0 cm³/mol. The largest absolute Gasteiger partial charge is 0.491 e. The van der Waals surface area contributed by atoms with Gasteiger partial charge in [0, 0.05) is 5.75 Å². The third-order valence-electron chi connectivity index (χ3n) is 2.84. The second-order valence-corrected chi connectivity index (χ2v) is 4.61.